The maximum Gasteiger partial charge on any atom is 0.569 e. The van der Waals surface area contributed by atoms with E-state index in [-0.39, 0.29) is 12.0 Å². The van der Waals surface area contributed by atoms with Crippen LogP contribution in [0, 0.1) is 0 Å². The molecular weight excluding hydrogens is 349 g/mol. The van der Waals surface area contributed by atoms with E-state index in [4.69, 9.17) is 21.3 Å². The lowest BCUT2D eigenvalue weighted by Gasteiger charge is -2.29. The van der Waals surface area contributed by atoms with Crippen LogP contribution in [-0.2, 0) is 0 Å². The molecule has 0 spiro atoms. The Kier molecular flexibility index (Phi) is 5.45. The Bertz CT molecular complexity index is 731. The smallest absolute Gasteiger partial charge is 0.537 e. The number of amides is 1. The van der Waals surface area contributed by atoms with Gasteiger partial charge in [0, 0.05) is 34.5 Å². The number of aliphatic hydroxyl groups excluding tert-OH is 1. The summed E-state index contributed by atoms with van der Waals surface area (Å²) in [6, 6.07) is 7.01. The highest BCUT2D eigenvalue weighted by Gasteiger charge is 2.23. The van der Waals surface area contributed by atoms with Crippen molar-refractivity contribution in [2.24, 2.45) is 0 Å². The van der Waals surface area contributed by atoms with E-state index in [1.54, 1.807) is 28.5 Å². The highest BCUT2D eigenvalue weighted by atomic mass is 35.5. The quantitative estimate of drug-likeness (QED) is 0.818. The standard InChI is InChI=1S/C16H16BClNO4S/c18-14-7-10(16(21)19-5-3-11(20)4-6-19)1-2-13(14)15-8-12(9-24-15)23-17-22/h1-2,7-9,11,20,22H,3-6H2. The number of thiophene rings is 1. The fraction of sp³-hybridized carbons (Fsp3) is 0.312. The molecule has 1 fully saturated rings. The topological polar surface area (TPSA) is 70.0 Å². The summed E-state index contributed by atoms with van der Waals surface area (Å²) in [5.74, 6) is 0.459. The molecule has 1 aliphatic heterocycles. The van der Waals surface area contributed by atoms with Crippen molar-refractivity contribution < 1.29 is 19.6 Å². The number of piperidine rings is 1. The summed E-state index contributed by atoms with van der Waals surface area (Å²) in [6.07, 6.45) is 0.904. The Hall–Kier alpha value is -1.54. The van der Waals surface area contributed by atoms with Gasteiger partial charge in [0.1, 0.15) is 5.75 Å². The van der Waals surface area contributed by atoms with Crippen molar-refractivity contribution >= 4 is 36.5 Å². The first-order valence-corrected chi connectivity index (χ1v) is 8.82. The molecule has 1 radical (unpaired) electrons. The highest BCUT2D eigenvalue weighted by molar-refractivity contribution is 7.14. The number of carbonyl (C=O) groups is 1. The van der Waals surface area contributed by atoms with Crippen molar-refractivity contribution in [1.82, 2.24) is 4.90 Å². The predicted octanol–water partition coefficient (Wildman–Crippen LogP) is 2.57. The van der Waals surface area contributed by atoms with Crippen LogP contribution in [0.1, 0.15) is 23.2 Å². The van der Waals surface area contributed by atoms with Gasteiger partial charge in [-0.3, -0.25) is 4.79 Å². The molecule has 0 atom stereocenters. The van der Waals surface area contributed by atoms with E-state index in [1.165, 1.54) is 11.3 Å². The number of likely N-dealkylation sites (tertiary alicyclic amines) is 1. The number of rotatable bonds is 4. The zero-order valence-electron chi connectivity index (χ0n) is 12.8. The Morgan fingerprint density at radius 1 is 1.33 bits per heavy atom. The van der Waals surface area contributed by atoms with Gasteiger partial charge in [-0.15, -0.1) is 11.3 Å². The van der Waals surface area contributed by atoms with Gasteiger partial charge in [-0.2, -0.15) is 0 Å². The number of hydrogen-bond acceptors (Lipinski definition) is 5. The van der Waals surface area contributed by atoms with Gasteiger partial charge < -0.3 is 19.7 Å². The van der Waals surface area contributed by atoms with Crippen LogP contribution in [-0.4, -0.2) is 47.8 Å². The van der Waals surface area contributed by atoms with Crippen LogP contribution in [0.25, 0.3) is 10.4 Å². The minimum atomic E-state index is -0.313. The summed E-state index contributed by atoms with van der Waals surface area (Å²) in [5.41, 5.74) is 1.34. The second kappa shape index (κ2) is 7.57. The Balaban J connectivity index is 1.77. The van der Waals surface area contributed by atoms with Crippen LogP contribution in [0.3, 0.4) is 0 Å². The second-order valence-electron chi connectivity index (χ2n) is 5.59. The minimum Gasteiger partial charge on any atom is -0.537 e. The van der Waals surface area contributed by atoms with Gasteiger partial charge in [0.25, 0.3) is 5.91 Å². The maximum absolute atomic E-state index is 12.5. The van der Waals surface area contributed by atoms with Crippen LogP contribution in [0.2, 0.25) is 5.02 Å². The number of nitrogens with zero attached hydrogens (tertiary/aromatic N) is 1. The summed E-state index contributed by atoms with van der Waals surface area (Å²) < 4.78 is 4.91. The van der Waals surface area contributed by atoms with E-state index in [9.17, 15) is 9.90 Å². The first kappa shape index (κ1) is 17.3. The zero-order chi connectivity index (χ0) is 17.1. The third-order valence-corrected chi connectivity index (χ3v) is 5.25. The summed E-state index contributed by atoms with van der Waals surface area (Å²) in [7, 11) is 0.630. The molecule has 5 nitrogen and oxygen atoms in total. The van der Waals surface area contributed by atoms with E-state index >= 15 is 0 Å². The van der Waals surface area contributed by atoms with Gasteiger partial charge in [0.2, 0.25) is 0 Å². The van der Waals surface area contributed by atoms with Crippen molar-refractivity contribution in [3.05, 3.63) is 40.2 Å². The molecule has 0 aliphatic carbocycles. The molecule has 3 rings (SSSR count). The third-order valence-electron chi connectivity index (χ3n) is 4.00. The van der Waals surface area contributed by atoms with E-state index < -0.39 is 0 Å². The summed E-state index contributed by atoms with van der Waals surface area (Å²) in [6.45, 7) is 1.12. The van der Waals surface area contributed by atoms with Crippen LogP contribution in [0.4, 0.5) is 0 Å². The number of halogens is 1. The molecule has 0 bridgehead atoms. The van der Waals surface area contributed by atoms with Gasteiger partial charge in [-0.05, 0) is 31.0 Å². The lowest BCUT2D eigenvalue weighted by atomic mass is 10.1. The lowest BCUT2D eigenvalue weighted by Crippen LogP contribution is -2.40. The average molecular weight is 365 g/mol. The molecule has 1 aromatic carbocycles. The van der Waals surface area contributed by atoms with Gasteiger partial charge in [0.15, 0.2) is 0 Å². The van der Waals surface area contributed by atoms with Gasteiger partial charge in [-0.1, -0.05) is 17.7 Å². The van der Waals surface area contributed by atoms with Crippen molar-refractivity contribution in [3.8, 4) is 16.2 Å². The fourth-order valence-corrected chi connectivity index (χ4v) is 3.88. The molecule has 1 aliphatic rings. The van der Waals surface area contributed by atoms with Gasteiger partial charge in [-0.25, -0.2) is 0 Å². The molecule has 8 heteroatoms. The van der Waals surface area contributed by atoms with E-state index in [1.807, 2.05) is 6.07 Å². The van der Waals surface area contributed by atoms with Crippen molar-refractivity contribution in [3.63, 3.8) is 0 Å². The molecule has 2 N–H and O–H groups in total. The van der Waals surface area contributed by atoms with Crippen molar-refractivity contribution in [1.29, 1.82) is 0 Å². The maximum atomic E-state index is 12.5. The van der Waals surface area contributed by atoms with E-state index in [0.29, 0.717) is 50.0 Å². The summed E-state index contributed by atoms with van der Waals surface area (Å²) >= 11 is 7.79. The number of carbonyl (C=O) groups excluding carboxylic acids is 1. The summed E-state index contributed by atoms with van der Waals surface area (Å²) in [5, 5.41) is 20.5. The molecule has 0 saturated carbocycles. The van der Waals surface area contributed by atoms with Gasteiger partial charge in [0.05, 0.1) is 11.1 Å². The zero-order valence-corrected chi connectivity index (χ0v) is 14.4. The Morgan fingerprint density at radius 3 is 2.75 bits per heavy atom. The minimum absolute atomic E-state index is 0.0690. The molecule has 1 amide bonds. The predicted molar refractivity (Wildman–Crippen MR) is 94.5 cm³/mol. The molecule has 125 valence electrons. The van der Waals surface area contributed by atoms with Crippen LogP contribution >= 0.6 is 22.9 Å². The van der Waals surface area contributed by atoms with Crippen molar-refractivity contribution in [2.45, 2.75) is 18.9 Å². The molecule has 0 unspecified atom stereocenters. The third kappa shape index (κ3) is 3.75. The first-order chi connectivity index (χ1) is 11.6. The second-order valence-corrected chi connectivity index (χ2v) is 6.91. The first-order valence-electron chi connectivity index (χ1n) is 7.57. The molecule has 1 aromatic heterocycles. The Morgan fingerprint density at radius 2 is 2.08 bits per heavy atom. The van der Waals surface area contributed by atoms with Crippen LogP contribution in [0.15, 0.2) is 29.6 Å². The molecular formula is C16H16BClNO4S. The molecule has 2 heterocycles. The number of hydrogen-bond donors (Lipinski definition) is 2. The number of aliphatic hydroxyl groups is 1. The van der Waals surface area contributed by atoms with Crippen LogP contribution in [0.5, 0.6) is 5.75 Å². The monoisotopic (exact) mass is 364 g/mol. The average Bonchev–Trinajstić information content (AvgIpc) is 3.03. The van der Waals surface area contributed by atoms with Crippen molar-refractivity contribution in [2.75, 3.05) is 13.1 Å². The van der Waals surface area contributed by atoms with Crippen LogP contribution < -0.4 is 4.65 Å². The highest BCUT2D eigenvalue weighted by Crippen LogP contribution is 2.36. The number of benzene rings is 1. The normalized spacial score (nSPS) is 15.4. The molecule has 1 saturated heterocycles. The van der Waals surface area contributed by atoms with E-state index in [0.717, 1.165) is 10.4 Å². The Labute approximate surface area is 149 Å². The SMILES string of the molecule is O=C(c1ccc(-c2cc(O[B]O)cs2)c(Cl)c1)N1CCC(O)CC1. The van der Waals surface area contributed by atoms with E-state index in [2.05, 4.69) is 0 Å². The molecule has 2 aromatic rings. The fourth-order valence-electron chi connectivity index (χ4n) is 2.68. The summed E-state index contributed by atoms with van der Waals surface area (Å²) in [4.78, 5) is 15.2. The largest absolute Gasteiger partial charge is 0.569 e. The lowest BCUT2D eigenvalue weighted by molar-refractivity contribution is 0.0546. The molecule has 24 heavy (non-hydrogen) atoms. The van der Waals surface area contributed by atoms with Gasteiger partial charge >= 0.3 is 7.69 Å².